The van der Waals surface area contributed by atoms with Crippen LogP contribution in [0.25, 0.3) is 6.08 Å². The summed E-state index contributed by atoms with van der Waals surface area (Å²) in [5, 5.41) is 0. The minimum atomic E-state index is -0.417. The van der Waals surface area contributed by atoms with Crippen molar-refractivity contribution in [1.82, 2.24) is 10.9 Å². The van der Waals surface area contributed by atoms with Gasteiger partial charge in [0.05, 0.1) is 12.7 Å². The van der Waals surface area contributed by atoms with E-state index in [1.807, 2.05) is 24.3 Å². The number of ether oxygens (including phenoxy) is 1. The Hall–Kier alpha value is -2.35. The van der Waals surface area contributed by atoms with E-state index in [1.54, 1.807) is 37.5 Å². The highest BCUT2D eigenvalue weighted by atomic mass is 127. The Bertz CT molecular complexity index is 727. The zero-order valence-electron chi connectivity index (χ0n) is 12.4. The van der Waals surface area contributed by atoms with Crippen molar-refractivity contribution in [3.05, 3.63) is 69.3 Å². The fourth-order valence-electron chi connectivity index (χ4n) is 1.76. The van der Waals surface area contributed by atoms with Crippen molar-refractivity contribution in [2.45, 2.75) is 0 Å². The van der Waals surface area contributed by atoms with Crippen LogP contribution in [0.5, 0.6) is 5.75 Å². The number of amides is 2. The summed E-state index contributed by atoms with van der Waals surface area (Å²) < 4.78 is 5.87. The summed E-state index contributed by atoms with van der Waals surface area (Å²) in [5.41, 5.74) is 6.09. The molecule has 0 aliphatic carbocycles. The fourth-order valence-corrected chi connectivity index (χ4v) is 2.39. The third-order valence-electron chi connectivity index (χ3n) is 2.96. The monoisotopic (exact) mass is 422 g/mol. The Balaban J connectivity index is 1.88. The Morgan fingerprint density at radius 2 is 1.74 bits per heavy atom. The van der Waals surface area contributed by atoms with Gasteiger partial charge in [-0.05, 0) is 58.5 Å². The van der Waals surface area contributed by atoms with Crippen molar-refractivity contribution in [2.75, 3.05) is 7.11 Å². The number of methoxy groups -OCH3 is 1. The number of hydrazine groups is 1. The minimum absolute atomic E-state index is 0.360. The van der Waals surface area contributed by atoms with E-state index in [9.17, 15) is 9.59 Å². The van der Waals surface area contributed by atoms with Gasteiger partial charge in [0.15, 0.2) is 0 Å². The van der Waals surface area contributed by atoms with Crippen LogP contribution in [0.4, 0.5) is 0 Å². The first-order chi connectivity index (χ1) is 11.1. The molecule has 0 fully saturated rings. The SMILES string of the molecule is COc1ccc(C=CC(=O)NNC(=O)c2ccccc2I)cc1. The molecule has 0 bridgehead atoms. The first-order valence-corrected chi connectivity index (χ1v) is 7.85. The number of halogens is 1. The topological polar surface area (TPSA) is 67.4 Å². The molecule has 0 saturated heterocycles. The van der Waals surface area contributed by atoms with Gasteiger partial charge in [-0.15, -0.1) is 0 Å². The zero-order valence-corrected chi connectivity index (χ0v) is 14.5. The average Bonchev–Trinajstić information content (AvgIpc) is 2.58. The molecule has 2 rings (SSSR count). The number of hydrogen-bond acceptors (Lipinski definition) is 3. The standard InChI is InChI=1S/C17H15IN2O3/c1-23-13-9-6-12(7-10-13)8-11-16(21)19-20-17(22)14-4-2-3-5-15(14)18/h2-11H,1H3,(H,19,21)(H,20,22). The van der Waals surface area contributed by atoms with Crippen LogP contribution in [-0.2, 0) is 4.79 Å². The summed E-state index contributed by atoms with van der Waals surface area (Å²) >= 11 is 2.06. The van der Waals surface area contributed by atoms with Gasteiger partial charge in [-0.2, -0.15) is 0 Å². The highest BCUT2D eigenvalue weighted by Crippen LogP contribution is 2.12. The Morgan fingerprint density at radius 1 is 1.04 bits per heavy atom. The first kappa shape index (κ1) is 17.0. The van der Waals surface area contributed by atoms with Crippen LogP contribution in [0, 0.1) is 3.57 Å². The van der Waals surface area contributed by atoms with Gasteiger partial charge in [-0.3, -0.25) is 20.4 Å². The molecule has 0 unspecified atom stereocenters. The second-order valence-electron chi connectivity index (χ2n) is 4.53. The lowest BCUT2D eigenvalue weighted by molar-refractivity contribution is -0.117. The van der Waals surface area contributed by atoms with Gasteiger partial charge in [0.1, 0.15) is 5.75 Å². The third kappa shape index (κ3) is 5.10. The van der Waals surface area contributed by atoms with E-state index in [4.69, 9.17) is 4.74 Å². The molecule has 0 saturated carbocycles. The van der Waals surface area contributed by atoms with Crippen molar-refractivity contribution >= 4 is 40.5 Å². The van der Waals surface area contributed by atoms with Crippen LogP contribution in [0.1, 0.15) is 15.9 Å². The first-order valence-electron chi connectivity index (χ1n) is 6.77. The van der Waals surface area contributed by atoms with Crippen LogP contribution in [0.15, 0.2) is 54.6 Å². The quantitative estimate of drug-likeness (QED) is 0.453. The molecule has 0 radical (unpaired) electrons. The summed E-state index contributed by atoms with van der Waals surface area (Å²) in [6.07, 6.45) is 2.99. The molecule has 0 atom stereocenters. The molecule has 0 heterocycles. The second-order valence-corrected chi connectivity index (χ2v) is 5.69. The van der Waals surface area contributed by atoms with Gasteiger partial charge in [0.2, 0.25) is 0 Å². The summed E-state index contributed by atoms with van der Waals surface area (Å²) in [6, 6.07) is 14.4. The molecule has 5 nitrogen and oxygen atoms in total. The van der Waals surface area contributed by atoms with E-state index in [0.717, 1.165) is 14.9 Å². The molecule has 2 N–H and O–H groups in total. The van der Waals surface area contributed by atoms with Crippen molar-refractivity contribution in [3.8, 4) is 5.75 Å². The number of benzene rings is 2. The molecule has 0 spiro atoms. The minimum Gasteiger partial charge on any atom is -0.497 e. The number of carbonyl (C=O) groups excluding carboxylic acids is 2. The lowest BCUT2D eigenvalue weighted by Gasteiger charge is -2.06. The molecule has 2 aromatic carbocycles. The third-order valence-corrected chi connectivity index (χ3v) is 3.90. The maximum Gasteiger partial charge on any atom is 0.270 e. The van der Waals surface area contributed by atoms with Crippen LogP contribution in [0.2, 0.25) is 0 Å². The van der Waals surface area contributed by atoms with Crippen LogP contribution in [-0.4, -0.2) is 18.9 Å². The number of rotatable bonds is 4. The summed E-state index contributed by atoms with van der Waals surface area (Å²) in [7, 11) is 1.59. The van der Waals surface area contributed by atoms with E-state index in [-0.39, 0.29) is 5.91 Å². The smallest absolute Gasteiger partial charge is 0.270 e. The molecule has 0 aromatic heterocycles. The lowest BCUT2D eigenvalue weighted by Crippen LogP contribution is -2.41. The molecule has 0 aliphatic rings. The van der Waals surface area contributed by atoms with Crippen molar-refractivity contribution in [2.24, 2.45) is 0 Å². The Kier molecular flexibility index (Phi) is 6.16. The Morgan fingerprint density at radius 3 is 2.39 bits per heavy atom. The highest BCUT2D eigenvalue weighted by Gasteiger charge is 2.08. The number of hydrogen-bond donors (Lipinski definition) is 2. The predicted molar refractivity (Wildman–Crippen MR) is 96.8 cm³/mol. The highest BCUT2D eigenvalue weighted by molar-refractivity contribution is 14.1. The average molecular weight is 422 g/mol. The molecular formula is C17H15IN2O3. The largest absolute Gasteiger partial charge is 0.497 e. The van der Waals surface area contributed by atoms with E-state index in [1.165, 1.54) is 6.08 Å². The van der Waals surface area contributed by atoms with Crippen LogP contribution >= 0.6 is 22.6 Å². The van der Waals surface area contributed by atoms with E-state index in [2.05, 4.69) is 33.4 Å². The van der Waals surface area contributed by atoms with Gasteiger partial charge < -0.3 is 4.74 Å². The van der Waals surface area contributed by atoms with Crippen LogP contribution < -0.4 is 15.6 Å². The predicted octanol–water partition coefficient (Wildman–Crippen LogP) is 2.77. The van der Waals surface area contributed by atoms with Gasteiger partial charge >= 0.3 is 0 Å². The molecular weight excluding hydrogens is 407 g/mol. The Labute approximate surface area is 147 Å². The maximum atomic E-state index is 11.9. The van der Waals surface area contributed by atoms with Gasteiger partial charge in [0, 0.05) is 9.65 Å². The van der Waals surface area contributed by atoms with E-state index in [0.29, 0.717) is 5.56 Å². The number of carbonyl (C=O) groups is 2. The van der Waals surface area contributed by atoms with Crippen LogP contribution in [0.3, 0.4) is 0 Å². The second kappa shape index (κ2) is 8.33. The fraction of sp³-hybridized carbons (Fsp3) is 0.0588. The summed E-state index contributed by atoms with van der Waals surface area (Å²) in [4.78, 5) is 23.7. The zero-order chi connectivity index (χ0) is 16.7. The molecule has 2 aromatic rings. The van der Waals surface area contributed by atoms with Crippen molar-refractivity contribution in [1.29, 1.82) is 0 Å². The van der Waals surface area contributed by atoms with Gasteiger partial charge in [-0.25, -0.2) is 0 Å². The molecule has 6 heteroatoms. The van der Waals surface area contributed by atoms with Crippen molar-refractivity contribution in [3.63, 3.8) is 0 Å². The molecule has 23 heavy (non-hydrogen) atoms. The maximum absolute atomic E-state index is 11.9. The summed E-state index contributed by atoms with van der Waals surface area (Å²) in [5.74, 6) is -0.0300. The van der Waals surface area contributed by atoms with E-state index < -0.39 is 5.91 Å². The molecule has 2 amide bonds. The lowest BCUT2D eigenvalue weighted by atomic mass is 10.2. The molecule has 118 valence electrons. The van der Waals surface area contributed by atoms with Gasteiger partial charge in [-0.1, -0.05) is 24.3 Å². The van der Waals surface area contributed by atoms with E-state index >= 15 is 0 Å². The normalized spacial score (nSPS) is 10.3. The van der Waals surface area contributed by atoms with Gasteiger partial charge in [0.25, 0.3) is 11.8 Å². The summed E-state index contributed by atoms with van der Waals surface area (Å²) in [6.45, 7) is 0. The number of nitrogens with one attached hydrogen (secondary N) is 2. The molecule has 0 aliphatic heterocycles. The van der Waals surface area contributed by atoms with Crippen molar-refractivity contribution < 1.29 is 14.3 Å².